The Morgan fingerprint density at radius 2 is 0.539 bits per heavy atom. The van der Waals surface area contributed by atoms with Crippen LogP contribution in [0.5, 0.6) is 34.5 Å². The molecule has 0 N–H and O–H groups in total. The summed E-state index contributed by atoms with van der Waals surface area (Å²) in [5.74, 6) is 5.42. The molecule has 141 heavy (non-hydrogen) atoms. The van der Waals surface area contributed by atoms with Gasteiger partial charge in [-0.25, -0.2) is 0 Å². The second-order valence-corrected chi connectivity index (χ2v) is 39.6. The highest BCUT2D eigenvalue weighted by Crippen LogP contribution is 2.60. The van der Waals surface area contributed by atoms with Gasteiger partial charge in [-0.15, -0.1) is 0 Å². The predicted octanol–water partition coefficient (Wildman–Crippen LogP) is 28.0. The maximum Gasteiger partial charge on any atom is 0.250 e. The Balaban J connectivity index is 0.000000104. The lowest BCUT2D eigenvalue weighted by Gasteiger charge is -2.35. The number of nitrogens with zero attached hydrogens (tertiary/aromatic N) is 6. The lowest BCUT2D eigenvalue weighted by molar-refractivity contribution is 0.487. The number of benzene rings is 21. The van der Waals surface area contributed by atoms with Gasteiger partial charge in [0.1, 0.15) is 34.5 Å². The molecule has 0 amide bonds. The molecule has 0 bridgehead atoms. The van der Waals surface area contributed by atoms with Gasteiger partial charge in [-0.1, -0.05) is 367 Å². The Hall–Kier alpha value is -16.9. The molecule has 0 saturated heterocycles. The van der Waals surface area contributed by atoms with Gasteiger partial charge in [-0.3, -0.25) is 0 Å². The first-order chi connectivity index (χ1) is 70.0. The molecular formula is C126H81B3N6O3S3. The fraction of sp³-hybridized carbons (Fsp3) is 0. The van der Waals surface area contributed by atoms with Crippen LogP contribution >= 0.6 is 35.3 Å². The van der Waals surface area contributed by atoms with E-state index in [1.165, 1.54) is 172 Å². The van der Waals surface area contributed by atoms with Gasteiger partial charge < -0.3 is 42.6 Å². The maximum absolute atomic E-state index is 6.73. The summed E-state index contributed by atoms with van der Waals surface area (Å²) in [4.78, 5) is 14.7. The monoisotopic (exact) mass is 1850 g/mol. The summed E-state index contributed by atoms with van der Waals surface area (Å²) >= 11 is 5.55. The van der Waals surface area contributed by atoms with Crippen LogP contribution in [0.15, 0.2) is 521 Å². The number of aromatic nitrogens is 3. The van der Waals surface area contributed by atoms with Crippen molar-refractivity contribution in [3.63, 3.8) is 0 Å². The molecule has 15 heteroatoms. The highest BCUT2D eigenvalue weighted by molar-refractivity contribution is 8.00. The molecule has 30 rings (SSSR count). The minimum absolute atomic E-state index is 0.0917. The highest BCUT2D eigenvalue weighted by atomic mass is 32.2. The Morgan fingerprint density at radius 3 is 1.03 bits per heavy atom. The second kappa shape index (κ2) is 34.0. The normalized spacial score (nSPS) is 13.1. The van der Waals surface area contributed by atoms with Crippen molar-refractivity contribution in [1.29, 1.82) is 0 Å². The summed E-state index contributed by atoms with van der Waals surface area (Å²) in [7, 11) is 0. The van der Waals surface area contributed by atoms with E-state index in [-0.39, 0.29) is 20.1 Å². The third-order valence-electron chi connectivity index (χ3n) is 28.5. The van der Waals surface area contributed by atoms with Crippen LogP contribution in [-0.2, 0) is 0 Å². The van der Waals surface area contributed by atoms with Crippen LogP contribution in [0.2, 0.25) is 0 Å². The van der Waals surface area contributed by atoms with E-state index in [0.717, 1.165) is 74.3 Å². The third kappa shape index (κ3) is 13.7. The number of para-hydroxylation sites is 12. The maximum atomic E-state index is 6.73. The Labute approximate surface area is 829 Å². The highest BCUT2D eigenvalue weighted by Gasteiger charge is 2.40. The molecule has 24 aromatic rings. The summed E-state index contributed by atoms with van der Waals surface area (Å²) in [6, 6.07) is 176. The van der Waals surface area contributed by atoms with E-state index in [9.17, 15) is 0 Å². The van der Waals surface area contributed by atoms with Gasteiger partial charge in [0.05, 0.1) is 67.2 Å². The van der Waals surface area contributed by atoms with Gasteiger partial charge in [0.2, 0.25) is 0 Å². The quantitative estimate of drug-likeness (QED) is 0.132. The van der Waals surface area contributed by atoms with Gasteiger partial charge in [-0.05, 0) is 191 Å². The first kappa shape index (κ1) is 82.3. The average Bonchev–Trinajstić information content (AvgIpc) is 1.58. The van der Waals surface area contributed by atoms with Crippen molar-refractivity contribution < 1.29 is 14.2 Å². The summed E-state index contributed by atoms with van der Waals surface area (Å²) < 4.78 is 27.3. The van der Waals surface area contributed by atoms with Gasteiger partial charge >= 0.3 is 0 Å². The molecule has 3 aromatic heterocycles. The molecule has 9 nitrogen and oxygen atoms in total. The van der Waals surface area contributed by atoms with Crippen molar-refractivity contribution in [2.24, 2.45) is 0 Å². The number of anilines is 9. The fourth-order valence-electron chi connectivity index (χ4n) is 22.4. The first-order valence-electron chi connectivity index (χ1n) is 47.9. The minimum atomic E-state index is 0.0917. The fourth-order valence-corrected chi connectivity index (χ4v) is 25.8. The molecule has 6 aliphatic rings. The molecule has 0 radical (unpaired) electrons. The lowest BCUT2D eigenvalue weighted by Crippen LogP contribution is -2.54. The third-order valence-corrected chi connectivity index (χ3v) is 31.9. The molecule has 660 valence electrons. The Bertz CT molecular complexity index is 8930. The minimum Gasteiger partial charge on any atom is -0.458 e. The van der Waals surface area contributed by atoms with Crippen LogP contribution in [0.3, 0.4) is 0 Å². The van der Waals surface area contributed by atoms with E-state index in [1.54, 1.807) is 0 Å². The Kier molecular flexibility index (Phi) is 19.9. The van der Waals surface area contributed by atoms with E-state index in [2.05, 4.69) is 520 Å². The van der Waals surface area contributed by atoms with Crippen molar-refractivity contribution >= 4 is 221 Å². The van der Waals surface area contributed by atoms with Crippen molar-refractivity contribution in [3.8, 4) is 51.6 Å². The van der Waals surface area contributed by atoms with Crippen LogP contribution in [0, 0.1) is 0 Å². The smallest absolute Gasteiger partial charge is 0.250 e. The number of fused-ring (bicyclic) bond motifs is 23. The predicted molar refractivity (Wildman–Crippen MR) is 592 cm³/mol. The van der Waals surface area contributed by atoms with Crippen LogP contribution in [0.1, 0.15) is 0 Å². The number of hydrogen-bond acceptors (Lipinski definition) is 9. The van der Waals surface area contributed by atoms with Gasteiger partial charge in [0, 0.05) is 114 Å². The molecule has 6 aliphatic heterocycles. The molecule has 0 spiro atoms. The SMILES string of the molecule is c1ccc(B2c3ccccc3Oc3cc(N4c5ccccc5Sc5c4ccc4c5c5ccccc5n4-c4ccccc4)ccc32)cc1.c1ccc(B2c3ccccc3Oc3cc(N4c5ccccc5Sc5cc6c(cc54)c4ccccc4n6-c4ccccc4)ccc32)cc1.c1ccc(B2c3ccccc3Oc3cc(N4c5ccccc5Sc5ccc6c7ccccc7n(-c7ccccc7)c6c54)ccc32)cc1. The topological polar surface area (TPSA) is 52.2 Å². The van der Waals surface area contributed by atoms with Crippen LogP contribution in [-0.4, -0.2) is 33.8 Å². The van der Waals surface area contributed by atoms with Crippen molar-refractivity contribution in [2.75, 3.05) is 14.7 Å². The second-order valence-electron chi connectivity index (χ2n) is 36.4. The molecule has 21 aromatic carbocycles. The van der Waals surface area contributed by atoms with E-state index < -0.39 is 0 Å². The molecule has 9 heterocycles. The van der Waals surface area contributed by atoms with Gasteiger partial charge in [0.15, 0.2) is 0 Å². The number of rotatable bonds is 9. The van der Waals surface area contributed by atoms with E-state index in [0.29, 0.717) is 0 Å². The number of hydrogen-bond donors (Lipinski definition) is 0. The van der Waals surface area contributed by atoms with Crippen LogP contribution in [0.4, 0.5) is 51.2 Å². The standard InChI is InChI=1S/3C42H27BN2OS/c1-3-13-28(14-4-1)43-33-18-8-11-21-37(33)46-38-27-30(23-25-34(38)43)45-36-20-10-12-22-39(36)47-40-26-24-32-31-17-7-9-19-35(31)44(41(32)42(40)45)29-15-5-2-6-16-29;1-3-13-28(14-4-1)43-33-18-8-11-21-39(33)46-40-25-30(23-24-34(40)43)45-36-20-10-12-22-41(36)47-42-27-37-32(26-38(42)45)31-17-7-9-19-35(31)44(37)29-15-5-2-6-16-29;1-3-13-28(14-4-1)43-32-18-8-11-21-38(32)46-39-27-30(23-24-33(39)43)45-35-20-10-12-22-40(35)47-42-37(45)26-25-36-41(42)31-17-7-9-19-34(31)44(36)29-15-5-2-6-16-29/h3*1-27H. The van der Waals surface area contributed by atoms with Gasteiger partial charge in [-0.2, -0.15) is 0 Å². The molecule has 0 atom stereocenters. The molecule has 0 fully saturated rings. The summed E-state index contributed by atoms with van der Waals surface area (Å²) in [6.45, 7) is 0.296. The Morgan fingerprint density at radius 1 is 0.184 bits per heavy atom. The van der Waals surface area contributed by atoms with E-state index in [1.807, 2.05) is 35.3 Å². The summed E-state index contributed by atoms with van der Waals surface area (Å²) in [5.41, 5.74) is 31.9. The molecule has 0 unspecified atom stereocenters. The van der Waals surface area contributed by atoms with E-state index >= 15 is 0 Å². The summed E-state index contributed by atoms with van der Waals surface area (Å²) in [6.07, 6.45) is 0. The van der Waals surface area contributed by atoms with Crippen LogP contribution in [0.25, 0.3) is 82.5 Å². The molecule has 0 saturated carbocycles. The summed E-state index contributed by atoms with van der Waals surface area (Å²) in [5, 5.41) is 7.49. The van der Waals surface area contributed by atoms with Gasteiger partial charge in [0.25, 0.3) is 20.1 Å². The first-order valence-corrected chi connectivity index (χ1v) is 50.4. The lowest BCUT2D eigenvalue weighted by atomic mass is 9.36. The van der Waals surface area contributed by atoms with Crippen LogP contribution < -0.4 is 78.1 Å². The van der Waals surface area contributed by atoms with E-state index in [4.69, 9.17) is 14.2 Å². The zero-order chi connectivity index (χ0) is 92.7. The van der Waals surface area contributed by atoms with Crippen molar-refractivity contribution in [3.05, 3.63) is 491 Å². The number of ether oxygens (including phenoxy) is 3. The van der Waals surface area contributed by atoms with Crippen molar-refractivity contribution in [1.82, 2.24) is 13.7 Å². The zero-order valence-corrected chi connectivity index (χ0v) is 78.6. The van der Waals surface area contributed by atoms with Crippen molar-refractivity contribution in [2.45, 2.75) is 29.4 Å². The average molecular weight is 1860 g/mol. The largest absolute Gasteiger partial charge is 0.458 e. The molecular weight excluding hydrogens is 1770 g/mol. The zero-order valence-electron chi connectivity index (χ0n) is 76.1. The molecule has 0 aliphatic carbocycles.